The Bertz CT molecular complexity index is 413. The van der Waals surface area contributed by atoms with E-state index in [1.165, 1.54) is 31.7 Å². The Morgan fingerprint density at radius 3 is 2.61 bits per heavy atom. The van der Waals surface area contributed by atoms with E-state index in [4.69, 9.17) is 0 Å². The van der Waals surface area contributed by atoms with Gasteiger partial charge in [0.05, 0.1) is 6.20 Å². The molecule has 0 aromatic carbocycles. The smallest absolute Gasteiger partial charge is 0.243 e. The van der Waals surface area contributed by atoms with E-state index in [0.29, 0.717) is 6.54 Å². The molecular formula is C12H23N3O2S. The van der Waals surface area contributed by atoms with Crippen molar-refractivity contribution in [3.63, 3.8) is 0 Å². The zero-order valence-electron chi connectivity index (χ0n) is 11.1. The minimum absolute atomic E-state index is 0.197. The van der Waals surface area contributed by atoms with Gasteiger partial charge >= 0.3 is 0 Å². The second-order valence-electron chi connectivity index (χ2n) is 4.93. The summed E-state index contributed by atoms with van der Waals surface area (Å²) < 4.78 is 26.0. The summed E-state index contributed by atoms with van der Waals surface area (Å²) in [5, 5.41) is 6.13. The first kappa shape index (κ1) is 15.2. The summed E-state index contributed by atoms with van der Waals surface area (Å²) in [5.41, 5.74) is 0. The number of hydrogen-bond acceptors (Lipinski definition) is 3. The molecule has 1 heterocycles. The lowest BCUT2D eigenvalue weighted by Crippen LogP contribution is -2.24. The highest BCUT2D eigenvalue weighted by molar-refractivity contribution is 7.89. The molecule has 0 fully saturated rings. The molecule has 0 saturated heterocycles. The Kier molecular flexibility index (Phi) is 6.35. The number of aromatic amines is 1. The maximum Gasteiger partial charge on any atom is 0.243 e. The van der Waals surface area contributed by atoms with Crippen LogP contribution in [0.2, 0.25) is 0 Å². The van der Waals surface area contributed by atoms with Gasteiger partial charge in [0.2, 0.25) is 10.0 Å². The lowest BCUT2D eigenvalue weighted by Gasteiger charge is -2.05. The first-order chi connectivity index (χ1) is 8.52. The van der Waals surface area contributed by atoms with Crippen LogP contribution in [0, 0.1) is 5.92 Å². The van der Waals surface area contributed by atoms with Crippen molar-refractivity contribution in [1.29, 1.82) is 0 Å². The fourth-order valence-electron chi connectivity index (χ4n) is 1.71. The van der Waals surface area contributed by atoms with Gasteiger partial charge in [0.25, 0.3) is 0 Å². The quantitative estimate of drug-likeness (QED) is 0.678. The number of nitrogens with one attached hydrogen (secondary N) is 2. The van der Waals surface area contributed by atoms with E-state index in [0.717, 1.165) is 18.8 Å². The molecule has 18 heavy (non-hydrogen) atoms. The normalized spacial score (nSPS) is 12.2. The topological polar surface area (TPSA) is 74.8 Å². The van der Waals surface area contributed by atoms with Crippen molar-refractivity contribution in [2.24, 2.45) is 5.92 Å². The van der Waals surface area contributed by atoms with Crippen LogP contribution in [-0.4, -0.2) is 25.2 Å². The summed E-state index contributed by atoms with van der Waals surface area (Å²) in [6.07, 6.45) is 8.30. The fraction of sp³-hybridized carbons (Fsp3) is 0.750. The Morgan fingerprint density at radius 1 is 1.28 bits per heavy atom. The highest BCUT2D eigenvalue weighted by Gasteiger charge is 2.13. The van der Waals surface area contributed by atoms with Gasteiger partial charge in [0, 0.05) is 12.7 Å². The first-order valence-corrected chi connectivity index (χ1v) is 7.99. The van der Waals surface area contributed by atoms with Crippen LogP contribution in [0.5, 0.6) is 0 Å². The molecule has 1 aromatic heterocycles. The molecule has 0 aliphatic heterocycles. The average Bonchev–Trinajstić information content (AvgIpc) is 2.81. The Balaban J connectivity index is 2.11. The highest BCUT2D eigenvalue weighted by atomic mass is 32.2. The third-order valence-electron chi connectivity index (χ3n) is 2.78. The molecule has 6 heteroatoms. The van der Waals surface area contributed by atoms with Gasteiger partial charge in [-0.05, 0) is 12.3 Å². The van der Waals surface area contributed by atoms with E-state index in [1.54, 1.807) is 0 Å². The number of aromatic nitrogens is 2. The molecule has 104 valence electrons. The number of sulfonamides is 1. The van der Waals surface area contributed by atoms with Crippen molar-refractivity contribution in [3.05, 3.63) is 12.4 Å². The summed E-state index contributed by atoms with van der Waals surface area (Å²) >= 11 is 0. The molecule has 0 atom stereocenters. The highest BCUT2D eigenvalue weighted by Crippen LogP contribution is 2.09. The van der Waals surface area contributed by atoms with Crippen molar-refractivity contribution < 1.29 is 8.42 Å². The van der Waals surface area contributed by atoms with Gasteiger partial charge in [-0.2, -0.15) is 5.10 Å². The van der Waals surface area contributed by atoms with E-state index >= 15 is 0 Å². The summed E-state index contributed by atoms with van der Waals surface area (Å²) in [6.45, 7) is 4.94. The van der Waals surface area contributed by atoms with Crippen LogP contribution in [0.25, 0.3) is 0 Å². The Hall–Kier alpha value is -0.880. The zero-order chi connectivity index (χ0) is 13.4. The van der Waals surface area contributed by atoms with Crippen molar-refractivity contribution in [2.75, 3.05) is 6.54 Å². The van der Waals surface area contributed by atoms with E-state index in [-0.39, 0.29) is 4.90 Å². The van der Waals surface area contributed by atoms with Crippen LogP contribution in [0.15, 0.2) is 17.3 Å². The predicted octanol–water partition coefficient (Wildman–Crippen LogP) is 2.29. The van der Waals surface area contributed by atoms with E-state index < -0.39 is 10.0 Å². The van der Waals surface area contributed by atoms with E-state index in [1.807, 2.05) is 0 Å². The van der Waals surface area contributed by atoms with Gasteiger partial charge in [0.1, 0.15) is 4.90 Å². The van der Waals surface area contributed by atoms with Gasteiger partial charge in [0.15, 0.2) is 0 Å². The molecule has 0 bridgehead atoms. The first-order valence-electron chi connectivity index (χ1n) is 6.51. The molecule has 1 rings (SSSR count). The number of rotatable bonds is 9. The van der Waals surface area contributed by atoms with Crippen molar-refractivity contribution in [2.45, 2.75) is 50.8 Å². The minimum Gasteiger partial charge on any atom is -0.284 e. The molecule has 0 aliphatic carbocycles. The Morgan fingerprint density at radius 2 is 2.00 bits per heavy atom. The second-order valence-corrected chi connectivity index (χ2v) is 6.70. The van der Waals surface area contributed by atoms with Crippen LogP contribution < -0.4 is 4.72 Å². The number of unbranched alkanes of at least 4 members (excludes halogenated alkanes) is 3. The lowest BCUT2D eigenvalue weighted by atomic mass is 10.0. The van der Waals surface area contributed by atoms with Gasteiger partial charge in [-0.3, -0.25) is 5.10 Å². The van der Waals surface area contributed by atoms with Crippen molar-refractivity contribution in [1.82, 2.24) is 14.9 Å². The number of hydrogen-bond donors (Lipinski definition) is 2. The van der Waals surface area contributed by atoms with Gasteiger partial charge in [-0.15, -0.1) is 0 Å². The second kappa shape index (κ2) is 7.53. The third-order valence-corrected chi connectivity index (χ3v) is 4.21. The molecule has 0 radical (unpaired) electrons. The van der Waals surface area contributed by atoms with Gasteiger partial charge in [-0.1, -0.05) is 39.5 Å². The van der Waals surface area contributed by atoms with Gasteiger partial charge < -0.3 is 0 Å². The van der Waals surface area contributed by atoms with E-state index in [2.05, 4.69) is 28.8 Å². The molecular weight excluding hydrogens is 250 g/mol. The lowest BCUT2D eigenvalue weighted by molar-refractivity contribution is 0.517. The van der Waals surface area contributed by atoms with Gasteiger partial charge in [-0.25, -0.2) is 13.1 Å². The van der Waals surface area contributed by atoms with E-state index in [9.17, 15) is 8.42 Å². The molecule has 5 nitrogen and oxygen atoms in total. The summed E-state index contributed by atoms with van der Waals surface area (Å²) in [5.74, 6) is 0.754. The minimum atomic E-state index is -3.37. The largest absolute Gasteiger partial charge is 0.284 e. The van der Waals surface area contributed by atoms with Crippen LogP contribution in [-0.2, 0) is 10.0 Å². The van der Waals surface area contributed by atoms with Crippen LogP contribution >= 0.6 is 0 Å². The molecule has 2 N–H and O–H groups in total. The third kappa shape index (κ3) is 5.64. The fourth-order valence-corrected chi connectivity index (χ4v) is 2.69. The zero-order valence-corrected chi connectivity index (χ0v) is 12.0. The van der Waals surface area contributed by atoms with Crippen molar-refractivity contribution >= 4 is 10.0 Å². The monoisotopic (exact) mass is 273 g/mol. The maximum atomic E-state index is 11.7. The predicted molar refractivity (Wildman–Crippen MR) is 71.7 cm³/mol. The molecule has 1 aromatic rings. The van der Waals surface area contributed by atoms with Crippen LogP contribution in [0.3, 0.4) is 0 Å². The van der Waals surface area contributed by atoms with Crippen molar-refractivity contribution in [3.8, 4) is 0 Å². The molecule has 0 amide bonds. The molecule has 0 aliphatic rings. The summed E-state index contributed by atoms with van der Waals surface area (Å²) in [6, 6.07) is 0. The molecule has 0 unspecified atom stereocenters. The standard InChI is InChI=1S/C12H23N3O2S/c1-11(2)7-5-3-4-6-8-15-18(16,17)12-9-13-14-10-12/h9-11,15H,3-8H2,1-2H3,(H,13,14). The SMILES string of the molecule is CC(C)CCCCCCNS(=O)(=O)c1cn[nH]c1. The molecule has 0 spiro atoms. The summed E-state index contributed by atoms with van der Waals surface area (Å²) in [7, 11) is -3.37. The maximum absolute atomic E-state index is 11.7. The molecule has 0 saturated carbocycles. The number of nitrogens with zero attached hydrogens (tertiary/aromatic N) is 1. The average molecular weight is 273 g/mol. The number of H-pyrrole nitrogens is 1. The van der Waals surface area contributed by atoms with Crippen LogP contribution in [0.1, 0.15) is 46.0 Å². The summed E-state index contributed by atoms with van der Waals surface area (Å²) in [4.78, 5) is 0.197. The van der Waals surface area contributed by atoms with Crippen LogP contribution in [0.4, 0.5) is 0 Å². The Labute approximate surface area is 109 Å².